The van der Waals surface area contributed by atoms with Crippen molar-refractivity contribution in [1.29, 1.82) is 0 Å². The molecule has 1 N–H and O–H groups in total. The predicted molar refractivity (Wildman–Crippen MR) is 71.7 cm³/mol. The quantitative estimate of drug-likeness (QED) is 0.907. The van der Waals surface area contributed by atoms with Gasteiger partial charge in [0.15, 0.2) is 0 Å². The molecule has 98 valence electrons. The van der Waals surface area contributed by atoms with Crippen molar-refractivity contribution in [2.75, 3.05) is 0 Å². The average Bonchev–Trinajstić information content (AvgIpc) is 2.56. The number of benzene rings is 1. The van der Waals surface area contributed by atoms with Crippen LogP contribution in [-0.2, 0) is 6.54 Å². The van der Waals surface area contributed by atoms with E-state index in [4.69, 9.17) is 0 Å². The standard InChI is InChI=1S/C14H17BrFNO/c15-10-2-1-9(14(16)5-10)8-17-11-3-4-12(17)7-13(18)6-11/h1-2,5,11-13,18H,3-4,6-8H2. The Labute approximate surface area is 115 Å². The zero-order valence-electron chi connectivity index (χ0n) is 10.1. The average molecular weight is 314 g/mol. The molecule has 1 aromatic carbocycles. The number of fused-ring (bicyclic) bond motifs is 2. The molecule has 2 unspecified atom stereocenters. The van der Waals surface area contributed by atoms with Crippen molar-refractivity contribution in [1.82, 2.24) is 4.90 Å². The van der Waals surface area contributed by atoms with Crippen LogP contribution in [0.15, 0.2) is 22.7 Å². The first-order valence-corrected chi connectivity index (χ1v) is 7.30. The fourth-order valence-electron chi connectivity index (χ4n) is 3.35. The molecule has 0 radical (unpaired) electrons. The summed E-state index contributed by atoms with van der Waals surface area (Å²) in [4.78, 5) is 2.37. The van der Waals surface area contributed by atoms with Crippen LogP contribution >= 0.6 is 15.9 Å². The van der Waals surface area contributed by atoms with E-state index in [0.29, 0.717) is 18.6 Å². The molecule has 0 aliphatic carbocycles. The Bertz CT molecular complexity index is 439. The lowest BCUT2D eigenvalue weighted by atomic mass is 9.99. The molecule has 2 heterocycles. The minimum Gasteiger partial charge on any atom is -0.393 e. The van der Waals surface area contributed by atoms with Crippen LogP contribution in [0.1, 0.15) is 31.2 Å². The molecular weight excluding hydrogens is 297 g/mol. The molecule has 4 heteroatoms. The summed E-state index contributed by atoms with van der Waals surface area (Å²) in [6, 6.07) is 6.13. The van der Waals surface area contributed by atoms with Gasteiger partial charge in [0, 0.05) is 28.7 Å². The van der Waals surface area contributed by atoms with E-state index in [9.17, 15) is 9.50 Å². The molecule has 2 aliphatic rings. The van der Waals surface area contributed by atoms with E-state index in [1.54, 1.807) is 0 Å². The van der Waals surface area contributed by atoms with Crippen LogP contribution in [0.5, 0.6) is 0 Å². The van der Waals surface area contributed by atoms with Crippen LogP contribution in [0.2, 0.25) is 0 Å². The minimum atomic E-state index is -0.159. The Morgan fingerprint density at radius 3 is 2.56 bits per heavy atom. The second-order valence-corrected chi connectivity index (χ2v) is 6.33. The Balaban J connectivity index is 1.77. The smallest absolute Gasteiger partial charge is 0.128 e. The highest BCUT2D eigenvalue weighted by atomic mass is 79.9. The lowest BCUT2D eigenvalue weighted by Crippen LogP contribution is -2.44. The monoisotopic (exact) mass is 313 g/mol. The third-order valence-electron chi connectivity index (χ3n) is 4.23. The van der Waals surface area contributed by atoms with Crippen LogP contribution in [-0.4, -0.2) is 28.2 Å². The van der Waals surface area contributed by atoms with Gasteiger partial charge in [-0.3, -0.25) is 4.90 Å². The Hall–Kier alpha value is -0.450. The van der Waals surface area contributed by atoms with E-state index >= 15 is 0 Å². The van der Waals surface area contributed by atoms with Crippen molar-refractivity contribution in [3.63, 3.8) is 0 Å². The van der Waals surface area contributed by atoms with Gasteiger partial charge in [0.25, 0.3) is 0 Å². The summed E-state index contributed by atoms with van der Waals surface area (Å²) in [7, 11) is 0. The molecule has 0 spiro atoms. The SMILES string of the molecule is OC1CC2CCC(C1)N2Cc1ccc(Br)cc1F. The highest BCUT2D eigenvalue weighted by Crippen LogP contribution is 2.37. The van der Waals surface area contributed by atoms with E-state index in [1.165, 1.54) is 6.07 Å². The first kappa shape index (κ1) is 12.6. The summed E-state index contributed by atoms with van der Waals surface area (Å²) in [5, 5.41) is 9.76. The molecule has 2 aliphatic heterocycles. The van der Waals surface area contributed by atoms with Gasteiger partial charge in [0.05, 0.1) is 6.10 Å². The number of aliphatic hydroxyl groups excluding tert-OH is 1. The lowest BCUT2D eigenvalue weighted by molar-refractivity contribution is 0.0305. The van der Waals surface area contributed by atoms with Gasteiger partial charge in [-0.2, -0.15) is 0 Å². The zero-order valence-corrected chi connectivity index (χ0v) is 11.7. The number of hydrogen-bond donors (Lipinski definition) is 1. The third kappa shape index (κ3) is 2.33. The van der Waals surface area contributed by atoms with Gasteiger partial charge in [-0.15, -0.1) is 0 Å². The first-order valence-electron chi connectivity index (χ1n) is 6.51. The predicted octanol–water partition coefficient (Wildman–Crippen LogP) is 3.08. The summed E-state index contributed by atoms with van der Waals surface area (Å²) in [6.07, 6.45) is 3.80. The molecule has 2 atom stereocenters. The zero-order chi connectivity index (χ0) is 12.7. The van der Waals surface area contributed by atoms with E-state index in [-0.39, 0.29) is 11.9 Å². The number of piperidine rings is 1. The summed E-state index contributed by atoms with van der Waals surface area (Å²) in [5.74, 6) is -0.144. The van der Waals surface area contributed by atoms with Crippen LogP contribution in [0.3, 0.4) is 0 Å². The van der Waals surface area contributed by atoms with Gasteiger partial charge < -0.3 is 5.11 Å². The number of rotatable bonds is 2. The van der Waals surface area contributed by atoms with Gasteiger partial charge in [-0.1, -0.05) is 22.0 Å². The van der Waals surface area contributed by atoms with E-state index in [1.807, 2.05) is 12.1 Å². The molecule has 2 nitrogen and oxygen atoms in total. The number of hydrogen-bond acceptors (Lipinski definition) is 2. The summed E-state index contributed by atoms with van der Waals surface area (Å²) < 4.78 is 14.6. The lowest BCUT2D eigenvalue weighted by Gasteiger charge is -2.37. The summed E-state index contributed by atoms with van der Waals surface area (Å²) >= 11 is 3.28. The van der Waals surface area contributed by atoms with Crippen molar-refractivity contribution in [3.05, 3.63) is 34.1 Å². The minimum absolute atomic E-state index is 0.144. The third-order valence-corrected chi connectivity index (χ3v) is 4.72. The molecule has 2 bridgehead atoms. The number of halogens is 2. The van der Waals surface area contributed by atoms with Gasteiger partial charge in [-0.05, 0) is 37.8 Å². The van der Waals surface area contributed by atoms with Gasteiger partial charge in [0.2, 0.25) is 0 Å². The highest BCUT2D eigenvalue weighted by Gasteiger charge is 2.40. The van der Waals surface area contributed by atoms with Gasteiger partial charge in [-0.25, -0.2) is 4.39 Å². The highest BCUT2D eigenvalue weighted by molar-refractivity contribution is 9.10. The van der Waals surface area contributed by atoms with Crippen molar-refractivity contribution in [2.24, 2.45) is 0 Å². The maximum atomic E-state index is 13.9. The Morgan fingerprint density at radius 1 is 1.28 bits per heavy atom. The fourth-order valence-corrected chi connectivity index (χ4v) is 3.68. The molecule has 18 heavy (non-hydrogen) atoms. The van der Waals surface area contributed by atoms with Crippen LogP contribution in [0, 0.1) is 5.82 Å². The van der Waals surface area contributed by atoms with Crippen molar-refractivity contribution < 1.29 is 9.50 Å². The number of nitrogens with zero attached hydrogens (tertiary/aromatic N) is 1. The molecule has 0 amide bonds. The van der Waals surface area contributed by atoms with Crippen LogP contribution in [0.4, 0.5) is 4.39 Å². The molecule has 2 fully saturated rings. The molecule has 1 aromatic rings. The normalized spacial score (nSPS) is 31.8. The van der Waals surface area contributed by atoms with Crippen molar-refractivity contribution >= 4 is 15.9 Å². The topological polar surface area (TPSA) is 23.5 Å². The largest absolute Gasteiger partial charge is 0.393 e. The van der Waals surface area contributed by atoms with Crippen LogP contribution in [0.25, 0.3) is 0 Å². The maximum Gasteiger partial charge on any atom is 0.128 e. The van der Waals surface area contributed by atoms with Crippen molar-refractivity contribution in [2.45, 2.75) is 50.4 Å². The molecule has 2 saturated heterocycles. The van der Waals surface area contributed by atoms with Crippen molar-refractivity contribution in [3.8, 4) is 0 Å². The van der Waals surface area contributed by atoms with E-state index < -0.39 is 0 Å². The second-order valence-electron chi connectivity index (χ2n) is 5.42. The fraction of sp³-hybridized carbons (Fsp3) is 0.571. The van der Waals surface area contributed by atoms with E-state index in [0.717, 1.165) is 35.7 Å². The van der Waals surface area contributed by atoms with Crippen LogP contribution < -0.4 is 0 Å². The molecule has 0 saturated carbocycles. The Kier molecular flexibility index (Phi) is 3.43. The molecule has 3 rings (SSSR count). The van der Waals surface area contributed by atoms with Gasteiger partial charge >= 0.3 is 0 Å². The molecule has 0 aromatic heterocycles. The maximum absolute atomic E-state index is 13.9. The first-order chi connectivity index (χ1) is 8.63. The van der Waals surface area contributed by atoms with E-state index in [2.05, 4.69) is 20.8 Å². The summed E-state index contributed by atoms with van der Waals surface area (Å²) in [6.45, 7) is 0.668. The Morgan fingerprint density at radius 2 is 1.94 bits per heavy atom. The van der Waals surface area contributed by atoms with Gasteiger partial charge in [0.1, 0.15) is 5.82 Å². The summed E-state index contributed by atoms with van der Waals surface area (Å²) in [5.41, 5.74) is 0.756. The number of aliphatic hydroxyl groups is 1. The second kappa shape index (κ2) is 4.91. The molecular formula is C14H17BrFNO.